The summed E-state index contributed by atoms with van der Waals surface area (Å²) >= 11 is 0. The van der Waals surface area contributed by atoms with Gasteiger partial charge in [-0.05, 0) is 57.6 Å². The van der Waals surface area contributed by atoms with Crippen LogP contribution < -0.4 is 10.6 Å². The van der Waals surface area contributed by atoms with Gasteiger partial charge in [-0.15, -0.1) is 0 Å². The molecule has 1 aromatic carbocycles. The van der Waals surface area contributed by atoms with Crippen LogP contribution in [0.15, 0.2) is 24.3 Å². The maximum Gasteiger partial charge on any atom is 0.408 e. The van der Waals surface area contributed by atoms with Crippen molar-refractivity contribution in [2.24, 2.45) is 5.92 Å². The first-order valence-electron chi connectivity index (χ1n) is 12.6. The van der Waals surface area contributed by atoms with E-state index in [1.54, 1.807) is 25.7 Å². The van der Waals surface area contributed by atoms with Crippen molar-refractivity contribution in [1.82, 2.24) is 15.5 Å². The van der Waals surface area contributed by atoms with Crippen LogP contribution in [-0.4, -0.2) is 47.5 Å². The number of carbonyl (C=O) groups is 3. The molecule has 0 saturated heterocycles. The lowest BCUT2D eigenvalue weighted by molar-refractivity contribution is -0.143. The summed E-state index contributed by atoms with van der Waals surface area (Å²) in [5.41, 5.74) is 1.23. The smallest absolute Gasteiger partial charge is 0.408 e. The largest absolute Gasteiger partial charge is 0.444 e. The quantitative estimate of drug-likeness (QED) is 0.417. The van der Waals surface area contributed by atoms with Gasteiger partial charge in [-0.3, -0.25) is 9.59 Å². The summed E-state index contributed by atoms with van der Waals surface area (Å²) in [6.07, 6.45) is 3.22. The van der Waals surface area contributed by atoms with Crippen LogP contribution in [-0.2, 0) is 20.7 Å². The highest BCUT2D eigenvalue weighted by atomic mass is 16.6. The predicted octanol–water partition coefficient (Wildman–Crippen LogP) is 4.99. The molecular formula is C27H45N3O4. The molecule has 1 aromatic rings. The van der Waals surface area contributed by atoms with Crippen LogP contribution in [0.3, 0.4) is 0 Å². The number of hydrogen-bond acceptors (Lipinski definition) is 4. The fourth-order valence-corrected chi connectivity index (χ4v) is 3.68. The van der Waals surface area contributed by atoms with Gasteiger partial charge in [-0.2, -0.15) is 0 Å². The minimum atomic E-state index is -0.819. The zero-order valence-electron chi connectivity index (χ0n) is 22.4. The maximum absolute atomic E-state index is 13.7. The van der Waals surface area contributed by atoms with E-state index in [1.165, 1.54) is 0 Å². The highest BCUT2D eigenvalue weighted by Gasteiger charge is 2.36. The lowest BCUT2D eigenvalue weighted by Crippen LogP contribution is -2.54. The number of carbonyl (C=O) groups excluding carboxylic acids is 3. The number of ether oxygens (including phenoxy) is 1. The molecule has 3 amide bonds. The Morgan fingerprint density at radius 2 is 1.62 bits per heavy atom. The Hall–Kier alpha value is -2.57. The Morgan fingerprint density at radius 1 is 1.00 bits per heavy atom. The summed E-state index contributed by atoms with van der Waals surface area (Å²) in [5, 5.41) is 5.74. The van der Waals surface area contributed by atoms with Gasteiger partial charge in [0.2, 0.25) is 11.8 Å². The van der Waals surface area contributed by atoms with Gasteiger partial charge in [-0.1, -0.05) is 64.8 Å². The van der Waals surface area contributed by atoms with Crippen LogP contribution in [0.2, 0.25) is 0 Å². The minimum Gasteiger partial charge on any atom is -0.444 e. The molecule has 34 heavy (non-hydrogen) atoms. The van der Waals surface area contributed by atoms with Crippen molar-refractivity contribution in [3.8, 4) is 0 Å². The molecule has 0 heterocycles. The van der Waals surface area contributed by atoms with Crippen LogP contribution >= 0.6 is 0 Å². The molecule has 0 radical (unpaired) electrons. The summed E-state index contributed by atoms with van der Waals surface area (Å²) in [6.45, 7) is 16.0. The molecule has 0 bridgehead atoms. The second-order valence-electron chi connectivity index (χ2n) is 9.99. The molecule has 0 saturated carbocycles. The standard InChI is InChI=1S/C27H45N3O4/c1-9-12-13-18-28-24(31)23(21-16-14-20(10-2)15-17-21)30(11-3)25(32)22(19(4)5)29-26(33)34-27(6,7)8/h14-17,19,22-23H,9-13,18H2,1-8H3,(H,28,31)(H,29,33). The molecule has 2 atom stereocenters. The summed E-state index contributed by atoms with van der Waals surface area (Å²) in [7, 11) is 0. The van der Waals surface area contributed by atoms with Crippen LogP contribution in [0.1, 0.15) is 91.8 Å². The first-order valence-corrected chi connectivity index (χ1v) is 12.6. The van der Waals surface area contributed by atoms with Gasteiger partial charge in [0.1, 0.15) is 17.7 Å². The molecule has 1 rings (SSSR count). The summed E-state index contributed by atoms with van der Waals surface area (Å²) in [5.74, 6) is -0.711. The second kappa shape index (κ2) is 14.0. The fourth-order valence-electron chi connectivity index (χ4n) is 3.68. The van der Waals surface area contributed by atoms with Crippen LogP contribution in [0.5, 0.6) is 0 Å². The van der Waals surface area contributed by atoms with Gasteiger partial charge in [0.15, 0.2) is 0 Å². The molecule has 0 aromatic heterocycles. The Balaban J connectivity index is 3.25. The zero-order chi connectivity index (χ0) is 25.9. The average molecular weight is 476 g/mol. The van der Waals surface area contributed by atoms with E-state index in [4.69, 9.17) is 4.74 Å². The molecule has 0 aliphatic carbocycles. The van der Waals surface area contributed by atoms with Crippen molar-refractivity contribution in [3.63, 3.8) is 0 Å². The van der Waals surface area contributed by atoms with Crippen LogP contribution in [0.25, 0.3) is 0 Å². The van der Waals surface area contributed by atoms with Gasteiger partial charge in [0.05, 0.1) is 0 Å². The highest BCUT2D eigenvalue weighted by Crippen LogP contribution is 2.24. The van der Waals surface area contributed by atoms with Crippen molar-refractivity contribution in [3.05, 3.63) is 35.4 Å². The molecule has 0 aliphatic rings. The number of unbranched alkanes of at least 4 members (excludes halogenated alkanes) is 2. The summed E-state index contributed by atoms with van der Waals surface area (Å²) < 4.78 is 5.38. The van der Waals surface area contributed by atoms with E-state index in [-0.39, 0.29) is 17.7 Å². The Morgan fingerprint density at radius 3 is 2.09 bits per heavy atom. The third-order valence-electron chi connectivity index (χ3n) is 5.57. The van der Waals surface area contributed by atoms with Gasteiger partial charge in [0.25, 0.3) is 0 Å². The van der Waals surface area contributed by atoms with Gasteiger partial charge in [0, 0.05) is 13.1 Å². The molecule has 0 spiro atoms. The third kappa shape index (κ3) is 9.35. The maximum atomic E-state index is 13.7. The lowest BCUT2D eigenvalue weighted by atomic mass is 9.98. The average Bonchev–Trinajstić information content (AvgIpc) is 2.76. The van der Waals surface area contributed by atoms with Gasteiger partial charge in [-0.25, -0.2) is 4.79 Å². The fraction of sp³-hybridized carbons (Fsp3) is 0.667. The third-order valence-corrected chi connectivity index (χ3v) is 5.57. The molecule has 7 nitrogen and oxygen atoms in total. The van der Waals surface area contributed by atoms with E-state index in [1.807, 2.05) is 45.0 Å². The topological polar surface area (TPSA) is 87.7 Å². The van der Waals surface area contributed by atoms with E-state index >= 15 is 0 Å². The first-order chi connectivity index (χ1) is 15.9. The van der Waals surface area contributed by atoms with Crippen molar-refractivity contribution in [2.75, 3.05) is 13.1 Å². The van der Waals surface area contributed by atoms with E-state index in [9.17, 15) is 14.4 Å². The normalized spacial score (nSPS) is 13.2. The van der Waals surface area contributed by atoms with Crippen LogP contribution in [0.4, 0.5) is 4.79 Å². The molecule has 0 fully saturated rings. The van der Waals surface area contributed by atoms with Crippen LogP contribution in [0, 0.1) is 5.92 Å². The Bertz CT molecular complexity index is 784. The predicted molar refractivity (Wildman–Crippen MR) is 136 cm³/mol. The number of nitrogens with one attached hydrogen (secondary N) is 2. The minimum absolute atomic E-state index is 0.190. The van der Waals surface area contributed by atoms with Crippen molar-refractivity contribution in [1.29, 1.82) is 0 Å². The first kappa shape index (κ1) is 29.5. The monoisotopic (exact) mass is 475 g/mol. The van der Waals surface area contributed by atoms with Crippen molar-refractivity contribution in [2.45, 2.75) is 98.8 Å². The number of likely N-dealkylation sites (N-methyl/N-ethyl adjacent to an activating group) is 1. The molecule has 192 valence electrons. The summed E-state index contributed by atoms with van der Waals surface area (Å²) in [4.78, 5) is 41.1. The Labute approximate surface area is 206 Å². The number of aryl methyl sites for hydroxylation is 1. The molecule has 7 heteroatoms. The van der Waals surface area contributed by atoms with Crippen molar-refractivity contribution < 1.29 is 19.1 Å². The molecule has 0 aliphatic heterocycles. The SMILES string of the molecule is CCCCCNC(=O)C(c1ccc(CC)cc1)N(CC)C(=O)C(NC(=O)OC(C)(C)C)C(C)C. The van der Waals surface area contributed by atoms with E-state index < -0.39 is 23.8 Å². The number of alkyl carbamates (subject to hydrolysis) is 1. The van der Waals surface area contributed by atoms with Gasteiger partial charge >= 0.3 is 6.09 Å². The molecular weight excluding hydrogens is 430 g/mol. The number of benzene rings is 1. The second-order valence-corrected chi connectivity index (χ2v) is 9.99. The van der Waals surface area contributed by atoms with Gasteiger partial charge < -0.3 is 20.3 Å². The summed E-state index contributed by atoms with van der Waals surface area (Å²) in [6, 6.07) is 6.20. The van der Waals surface area contributed by atoms with Crippen molar-refractivity contribution >= 4 is 17.9 Å². The van der Waals surface area contributed by atoms with E-state index in [0.29, 0.717) is 13.1 Å². The zero-order valence-corrected chi connectivity index (χ0v) is 22.4. The van der Waals surface area contributed by atoms with E-state index in [0.717, 1.165) is 36.8 Å². The number of rotatable bonds is 12. The number of amides is 3. The lowest BCUT2D eigenvalue weighted by Gasteiger charge is -2.35. The molecule has 2 N–H and O–H groups in total. The highest BCUT2D eigenvalue weighted by molar-refractivity contribution is 5.92. The number of hydrogen-bond donors (Lipinski definition) is 2. The van der Waals surface area contributed by atoms with E-state index in [2.05, 4.69) is 24.5 Å². The number of nitrogens with zero attached hydrogens (tertiary/aromatic N) is 1. The molecule has 2 unspecified atom stereocenters. The Kier molecular flexibility index (Phi) is 12.1.